The van der Waals surface area contributed by atoms with Crippen molar-refractivity contribution < 1.29 is 0 Å². The van der Waals surface area contributed by atoms with Crippen LogP contribution in [0.3, 0.4) is 0 Å². The lowest BCUT2D eigenvalue weighted by atomic mass is 9.85. The minimum absolute atomic E-state index is 0.849. The van der Waals surface area contributed by atoms with E-state index < -0.39 is 0 Å². The maximum atomic E-state index is 4.98. The van der Waals surface area contributed by atoms with Crippen molar-refractivity contribution in [2.24, 2.45) is 0 Å². The van der Waals surface area contributed by atoms with Crippen molar-refractivity contribution in [2.45, 2.75) is 0 Å². The lowest BCUT2D eigenvalue weighted by Gasteiger charge is -2.18. The Kier molecular flexibility index (Phi) is 6.78. The molecule has 0 spiro atoms. The molecule has 0 bridgehead atoms. The molecule has 8 aromatic carbocycles. The summed E-state index contributed by atoms with van der Waals surface area (Å²) in [5, 5.41) is 17.2. The number of benzene rings is 8. The van der Waals surface area contributed by atoms with Gasteiger partial charge in [-0.05, 0) is 119 Å². The number of rotatable bonds is 5. The number of hydrogen-bond donors (Lipinski definition) is 0. The molecule has 0 saturated heterocycles. The third-order valence-corrected chi connectivity index (χ3v) is 9.94. The zero-order valence-electron chi connectivity index (χ0n) is 27.6. The van der Waals surface area contributed by atoms with Gasteiger partial charge < -0.3 is 0 Å². The molecule has 0 radical (unpaired) electrons. The number of hydrogen-bond acceptors (Lipinski definition) is 3. The Morgan fingerprint density at radius 2 is 0.922 bits per heavy atom. The molecule has 51 heavy (non-hydrogen) atoms. The Balaban J connectivity index is 1.13. The van der Waals surface area contributed by atoms with Gasteiger partial charge in [0.15, 0.2) is 0 Å². The molecule has 0 atom stereocenters. The fourth-order valence-electron chi connectivity index (χ4n) is 7.61. The molecule has 0 fully saturated rings. The number of aromatic nitrogens is 4. The summed E-state index contributed by atoms with van der Waals surface area (Å²) in [6, 6.07) is 60.6. The van der Waals surface area contributed by atoms with E-state index in [2.05, 4.69) is 151 Å². The second-order valence-corrected chi connectivity index (χ2v) is 12.9. The lowest BCUT2D eigenvalue weighted by molar-refractivity contribution is 0.766. The highest BCUT2D eigenvalue weighted by Crippen LogP contribution is 2.44. The number of fused-ring (bicyclic) bond motifs is 4. The van der Waals surface area contributed by atoms with Crippen molar-refractivity contribution in [3.63, 3.8) is 0 Å². The van der Waals surface area contributed by atoms with Crippen LogP contribution in [0.25, 0.3) is 93.5 Å². The first kappa shape index (κ1) is 29.0. The lowest BCUT2D eigenvalue weighted by Crippen LogP contribution is -1.98. The van der Waals surface area contributed by atoms with E-state index in [9.17, 15) is 0 Å². The second-order valence-electron chi connectivity index (χ2n) is 12.9. The van der Waals surface area contributed by atoms with Crippen molar-refractivity contribution in [3.8, 4) is 50.2 Å². The van der Waals surface area contributed by atoms with Crippen molar-refractivity contribution in [1.29, 1.82) is 0 Å². The standard InChI is InChI=1S/C47H30N4/c1-2-16-38-32(10-1)11-9-21-39(38)34-13-7-14-35(28-34)46-40-17-3-5-19-42(40)47(43-20-6-4-18-41(43)46)36-22-23-44-45(30-36)50-51(49-44)37-15-8-12-33(29-37)31-24-26-48-27-25-31/h1-30H. The first-order valence-electron chi connectivity index (χ1n) is 17.2. The molecule has 238 valence electrons. The molecule has 0 saturated carbocycles. The predicted octanol–water partition coefficient (Wildman–Crippen LogP) is 11.9. The van der Waals surface area contributed by atoms with Gasteiger partial charge >= 0.3 is 0 Å². The summed E-state index contributed by atoms with van der Waals surface area (Å²) in [4.78, 5) is 5.90. The minimum atomic E-state index is 0.849. The largest absolute Gasteiger partial charge is 0.265 e. The topological polar surface area (TPSA) is 43.6 Å². The van der Waals surface area contributed by atoms with E-state index >= 15 is 0 Å². The highest BCUT2D eigenvalue weighted by molar-refractivity contribution is 6.21. The number of pyridine rings is 1. The van der Waals surface area contributed by atoms with Crippen LogP contribution in [0.4, 0.5) is 0 Å². The summed E-state index contributed by atoms with van der Waals surface area (Å²) in [6.45, 7) is 0. The second kappa shape index (κ2) is 11.9. The summed E-state index contributed by atoms with van der Waals surface area (Å²) in [6.07, 6.45) is 3.63. The Labute approximate surface area is 294 Å². The van der Waals surface area contributed by atoms with Crippen molar-refractivity contribution in [3.05, 3.63) is 182 Å². The SMILES string of the molecule is c1cc(-c2cccc3ccccc23)cc(-c2c3ccccc3c(-c3ccc4nn(-c5cccc(-c6ccncc6)c5)nc4c3)c3ccccc23)c1. The van der Waals surface area contributed by atoms with Crippen LogP contribution in [0.1, 0.15) is 0 Å². The van der Waals surface area contributed by atoms with Crippen molar-refractivity contribution in [1.82, 2.24) is 20.0 Å². The van der Waals surface area contributed by atoms with Gasteiger partial charge in [0.25, 0.3) is 0 Å². The van der Waals surface area contributed by atoms with Gasteiger partial charge in [0.05, 0.1) is 5.69 Å². The summed E-state index contributed by atoms with van der Waals surface area (Å²) in [7, 11) is 0. The van der Waals surface area contributed by atoms with Crippen LogP contribution in [-0.4, -0.2) is 20.0 Å². The molecule has 2 heterocycles. The zero-order valence-corrected chi connectivity index (χ0v) is 27.6. The van der Waals surface area contributed by atoms with Crippen LogP contribution in [0, 0.1) is 0 Å². The first-order chi connectivity index (χ1) is 25.3. The molecule has 0 aliphatic carbocycles. The van der Waals surface area contributed by atoms with Gasteiger partial charge in [-0.3, -0.25) is 4.98 Å². The molecular formula is C47H30N4. The van der Waals surface area contributed by atoms with Gasteiger partial charge in [0, 0.05) is 12.4 Å². The van der Waals surface area contributed by atoms with Gasteiger partial charge in [-0.2, -0.15) is 4.80 Å². The molecule has 0 amide bonds. The van der Waals surface area contributed by atoms with Crippen LogP contribution in [0.5, 0.6) is 0 Å². The van der Waals surface area contributed by atoms with Gasteiger partial charge in [0.2, 0.25) is 0 Å². The molecule has 0 aliphatic heterocycles. The van der Waals surface area contributed by atoms with E-state index in [1.165, 1.54) is 60.1 Å². The molecule has 0 N–H and O–H groups in total. The Bertz CT molecular complexity index is 2860. The summed E-state index contributed by atoms with van der Waals surface area (Å²) in [5.41, 5.74) is 12.0. The van der Waals surface area contributed by atoms with Crippen molar-refractivity contribution >= 4 is 43.4 Å². The Hall–Kier alpha value is -6.91. The molecule has 2 aromatic heterocycles. The van der Waals surface area contributed by atoms with Crippen LogP contribution < -0.4 is 0 Å². The fourth-order valence-corrected chi connectivity index (χ4v) is 7.61. The smallest absolute Gasteiger partial charge is 0.114 e. The first-order valence-corrected chi connectivity index (χ1v) is 17.2. The van der Waals surface area contributed by atoms with Gasteiger partial charge in [-0.15, -0.1) is 10.2 Å². The third kappa shape index (κ3) is 4.96. The summed E-state index contributed by atoms with van der Waals surface area (Å²) >= 11 is 0. The van der Waals surface area contributed by atoms with E-state index in [0.29, 0.717) is 0 Å². The zero-order chi connectivity index (χ0) is 33.7. The van der Waals surface area contributed by atoms with Crippen LogP contribution in [0.15, 0.2) is 182 Å². The molecule has 10 aromatic rings. The molecule has 0 aliphatic rings. The van der Waals surface area contributed by atoms with Gasteiger partial charge in [-0.1, -0.05) is 127 Å². The van der Waals surface area contributed by atoms with Crippen LogP contribution in [0.2, 0.25) is 0 Å². The average Bonchev–Trinajstić information content (AvgIpc) is 3.64. The van der Waals surface area contributed by atoms with E-state index in [0.717, 1.165) is 33.4 Å². The van der Waals surface area contributed by atoms with E-state index in [1.54, 1.807) is 4.80 Å². The normalized spacial score (nSPS) is 11.5. The van der Waals surface area contributed by atoms with Crippen LogP contribution in [-0.2, 0) is 0 Å². The minimum Gasteiger partial charge on any atom is -0.265 e. The van der Waals surface area contributed by atoms with Crippen molar-refractivity contribution in [2.75, 3.05) is 0 Å². The molecule has 4 nitrogen and oxygen atoms in total. The molecular weight excluding hydrogens is 621 g/mol. The van der Waals surface area contributed by atoms with E-state index in [-0.39, 0.29) is 0 Å². The molecule has 4 heteroatoms. The fraction of sp³-hybridized carbons (Fsp3) is 0. The quantitative estimate of drug-likeness (QED) is 0.174. The maximum Gasteiger partial charge on any atom is 0.114 e. The van der Waals surface area contributed by atoms with E-state index in [1.807, 2.05) is 36.7 Å². The maximum absolute atomic E-state index is 4.98. The Morgan fingerprint density at radius 3 is 1.67 bits per heavy atom. The van der Waals surface area contributed by atoms with Crippen LogP contribution >= 0.6 is 0 Å². The molecule has 0 unspecified atom stereocenters. The number of nitrogens with zero attached hydrogens (tertiary/aromatic N) is 4. The average molecular weight is 651 g/mol. The predicted molar refractivity (Wildman–Crippen MR) is 211 cm³/mol. The Morgan fingerprint density at radius 1 is 0.353 bits per heavy atom. The third-order valence-electron chi connectivity index (χ3n) is 9.94. The monoisotopic (exact) mass is 650 g/mol. The summed E-state index contributed by atoms with van der Waals surface area (Å²) < 4.78 is 0. The van der Waals surface area contributed by atoms with Gasteiger partial charge in [-0.25, -0.2) is 0 Å². The molecule has 10 rings (SSSR count). The summed E-state index contributed by atoms with van der Waals surface area (Å²) in [5.74, 6) is 0. The van der Waals surface area contributed by atoms with E-state index in [4.69, 9.17) is 10.2 Å². The highest BCUT2D eigenvalue weighted by Gasteiger charge is 2.18. The highest BCUT2D eigenvalue weighted by atomic mass is 15.5. The van der Waals surface area contributed by atoms with Gasteiger partial charge in [0.1, 0.15) is 11.0 Å².